The first-order valence-electron chi connectivity index (χ1n) is 12.1. The molecule has 8 heteroatoms. The number of ether oxygens (including phenoxy) is 3. The summed E-state index contributed by atoms with van der Waals surface area (Å²) in [4.78, 5) is 30.2. The number of carbonyl (C=O) groups is 2. The van der Waals surface area contributed by atoms with Crippen LogP contribution < -0.4 is 14.2 Å². The average molecular weight is 481 g/mol. The number of fused-ring (bicyclic) bond motifs is 1. The Kier molecular flexibility index (Phi) is 7.60. The van der Waals surface area contributed by atoms with Gasteiger partial charge in [0, 0.05) is 12.1 Å². The second-order valence-electron chi connectivity index (χ2n) is 8.44. The van der Waals surface area contributed by atoms with Crippen molar-refractivity contribution >= 4 is 17.4 Å². The molecule has 0 radical (unpaired) electrons. The molecule has 35 heavy (non-hydrogen) atoms. The summed E-state index contributed by atoms with van der Waals surface area (Å²) in [6.45, 7) is 9.79. The van der Waals surface area contributed by atoms with Crippen molar-refractivity contribution in [2.24, 2.45) is 0 Å². The molecule has 2 heterocycles. The van der Waals surface area contributed by atoms with Gasteiger partial charge in [0.05, 0.1) is 18.2 Å². The van der Waals surface area contributed by atoms with Crippen LogP contribution in [0.1, 0.15) is 44.4 Å². The number of aliphatic hydroxyl groups is 1. The van der Waals surface area contributed by atoms with Crippen molar-refractivity contribution in [2.45, 2.75) is 33.2 Å². The van der Waals surface area contributed by atoms with Gasteiger partial charge in [-0.25, -0.2) is 0 Å². The number of amides is 1. The Hall–Kier alpha value is -3.52. The Morgan fingerprint density at radius 1 is 1.06 bits per heavy atom. The molecule has 2 aliphatic heterocycles. The Bertz CT molecular complexity index is 1110. The molecule has 4 rings (SSSR count). The molecule has 1 amide bonds. The topological polar surface area (TPSA) is 88.5 Å². The number of nitrogens with zero attached hydrogens (tertiary/aromatic N) is 2. The van der Waals surface area contributed by atoms with Gasteiger partial charge in [-0.2, -0.15) is 0 Å². The van der Waals surface area contributed by atoms with E-state index in [1.165, 1.54) is 0 Å². The van der Waals surface area contributed by atoms with Crippen LogP contribution in [0.4, 0.5) is 0 Å². The first kappa shape index (κ1) is 24.6. The minimum absolute atomic E-state index is 0.0702. The molecular weight excluding hydrogens is 448 g/mol. The number of hydrogen-bond acceptors (Lipinski definition) is 7. The van der Waals surface area contributed by atoms with E-state index in [4.69, 9.17) is 14.2 Å². The van der Waals surface area contributed by atoms with E-state index >= 15 is 0 Å². The van der Waals surface area contributed by atoms with E-state index in [2.05, 4.69) is 18.7 Å². The highest BCUT2D eigenvalue weighted by molar-refractivity contribution is 6.46. The molecule has 0 aromatic heterocycles. The van der Waals surface area contributed by atoms with Crippen LogP contribution in [0.25, 0.3) is 5.76 Å². The molecule has 1 unspecified atom stereocenters. The molecule has 0 saturated carbocycles. The minimum Gasteiger partial charge on any atom is -0.507 e. The molecule has 2 aliphatic rings. The van der Waals surface area contributed by atoms with Crippen LogP contribution in [0.15, 0.2) is 48.0 Å². The maximum absolute atomic E-state index is 13.2. The summed E-state index contributed by atoms with van der Waals surface area (Å²) in [5.41, 5.74) is 1.20. The maximum atomic E-state index is 13.2. The van der Waals surface area contributed by atoms with E-state index < -0.39 is 17.7 Å². The van der Waals surface area contributed by atoms with Crippen molar-refractivity contribution in [1.29, 1.82) is 0 Å². The lowest BCUT2D eigenvalue weighted by Gasteiger charge is -2.27. The number of carbonyl (C=O) groups excluding carboxylic acids is 2. The lowest BCUT2D eigenvalue weighted by molar-refractivity contribution is -0.140. The van der Waals surface area contributed by atoms with E-state index in [0.29, 0.717) is 42.4 Å². The van der Waals surface area contributed by atoms with Crippen LogP contribution in [0.3, 0.4) is 0 Å². The van der Waals surface area contributed by atoms with Crippen molar-refractivity contribution in [3.63, 3.8) is 0 Å². The zero-order chi connectivity index (χ0) is 24.9. The molecule has 1 atom stereocenters. The normalized spacial score (nSPS) is 18.5. The van der Waals surface area contributed by atoms with Gasteiger partial charge in [0.2, 0.25) is 6.79 Å². The zero-order valence-electron chi connectivity index (χ0n) is 20.5. The Balaban J connectivity index is 1.72. The van der Waals surface area contributed by atoms with Gasteiger partial charge in [-0.1, -0.05) is 26.0 Å². The number of ketones is 1. The quantitative estimate of drug-likeness (QED) is 0.313. The summed E-state index contributed by atoms with van der Waals surface area (Å²) in [5.74, 6) is 0.228. The Morgan fingerprint density at radius 3 is 2.46 bits per heavy atom. The van der Waals surface area contributed by atoms with Crippen LogP contribution in [0.5, 0.6) is 17.2 Å². The Labute approximate surface area is 205 Å². The van der Waals surface area contributed by atoms with E-state index in [1.54, 1.807) is 23.1 Å². The molecule has 0 bridgehead atoms. The number of likely N-dealkylation sites (tertiary alicyclic amines) is 1. The van der Waals surface area contributed by atoms with Crippen LogP contribution in [0.2, 0.25) is 0 Å². The molecule has 0 aliphatic carbocycles. The third-order valence-electron chi connectivity index (χ3n) is 6.46. The SMILES string of the molecule is CCOc1ccc(C2/C(=C(\O)c3ccc4c(c3)OCO4)C(=O)C(=O)N2CCCN(CC)CC)cc1. The van der Waals surface area contributed by atoms with E-state index in [0.717, 1.165) is 25.2 Å². The smallest absolute Gasteiger partial charge is 0.295 e. The van der Waals surface area contributed by atoms with Crippen molar-refractivity contribution in [3.05, 3.63) is 59.2 Å². The standard InChI is InChI=1S/C27H32N2O6/c1-4-28(5-2)14-7-15-29-24(18-8-11-20(12-9-18)33-6-3)23(26(31)27(29)32)25(30)19-10-13-21-22(16-19)35-17-34-21/h8-13,16,24,30H,4-7,14-15,17H2,1-3H3/b25-23+. The summed E-state index contributed by atoms with van der Waals surface area (Å²) in [6.07, 6.45) is 0.715. The number of benzene rings is 2. The molecule has 0 spiro atoms. The van der Waals surface area contributed by atoms with Gasteiger partial charge in [-0.15, -0.1) is 0 Å². The van der Waals surface area contributed by atoms with Crippen molar-refractivity contribution in [2.75, 3.05) is 39.6 Å². The molecule has 1 fully saturated rings. The van der Waals surface area contributed by atoms with Gasteiger partial charge in [0.15, 0.2) is 11.5 Å². The lowest BCUT2D eigenvalue weighted by Crippen LogP contribution is -2.33. The largest absolute Gasteiger partial charge is 0.507 e. The second-order valence-corrected chi connectivity index (χ2v) is 8.44. The van der Waals surface area contributed by atoms with Crippen molar-refractivity contribution < 1.29 is 28.9 Å². The summed E-state index contributed by atoms with van der Waals surface area (Å²) in [5, 5.41) is 11.3. The number of aliphatic hydroxyl groups excluding tert-OH is 1. The molecule has 186 valence electrons. The lowest BCUT2D eigenvalue weighted by atomic mass is 9.95. The monoisotopic (exact) mass is 480 g/mol. The van der Waals surface area contributed by atoms with Crippen LogP contribution in [-0.4, -0.2) is 66.2 Å². The Morgan fingerprint density at radius 2 is 1.77 bits per heavy atom. The fourth-order valence-electron chi connectivity index (χ4n) is 4.57. The highest BCUT2D eigenvalue weighted by atomic mass is 16.7. The van der Waals surface area contributed by atoms with Gasteiger partial charge in [-0.3, -0.25) is 9.59 Å². The minimum atomic E-state index is -0.701. The van der Waals surface area contributed by atoms with Gasteiger partial charge >= 0.3 is 0 Å². The molecular formula is C27H32N2O6. The number of Topliss-reactive ketones (excluding diaryl/α,β-unsaturated/α-hetero) is 1. The van der Waals surface area contributed by atoms with Crippen molar-refractivity contribution in [3.8, 4) is 17.2 Å². The third kappa shape index (κ3) is 4.98. The van der Waals surface area contributed by atoms with E-state index in [1.807, 2.05) is 31.2 Å². The molecule has 2 aromatic rings. The second kappa shape index (κ2) is 10.8. The number of hydrogen-bond donors (Lipinski definition) is 1. The highest BCUT2D eigenvalue weighted by Gasteiger charge is 2.45. The van der Waals surface area contributed by atoms with Gasteiger partial charge in [0.25, 0.3) is 11.7 Å². The molecule has 2 aromatic carbocycles. The number of rotatable bonds is 10. The summed E-state index contributed by atoms with van der Waals surface area (Å²) in [7, 11) is 0. The fraction of sp³-hybridized carbons (Fsp3) is 0.407. The van der Waals surface area contributed by atoms with Crippen LogP contribution >= 0.6 is 0 Å². The third-order valence-corrected chi connectivity index (χ3v) is 6.46. The molecule has 8 nitrogen and oxygen atoms in total. The van der Waals surface area contributed by atoms with Crippen LogP contribution in [0, 0.1) is 0 Å². The van der Waals surface area contributed by atoms with E-state index in [-0.39, 0.29) is 18.1 Å². The molecule has 1 N–H and O–H groups in total. The summed E-state index contributed by atoms with van der Waals surface area (Å²) < 4.78 is 16.3. The van der Waals surface area contributed by atoms with Crippen LogP contribution in [-0.2, 0) is 9.59 Å². The van der Waals surface area contributed by atoms with Gasteiger partial charge in [-0.05, 0) is 68.9 Å². The van der Waals surface area contributed by atoms with Gasteiger partial charge < -0.3 is 29.1 Å². The molecule has 1 saturated heterocycles. The first-order chi connectivity index (χ1) is 17.0. The average Bonchev–Trinajstić information content (AvgIpc) is 3.44. The predicted molar refractivity (Wildman–Crippen MR) is 132 cm³/mol. The highest BCUT2D eigenvalue weighted by Crippen LogP contribution is 2.41. The first-order valence-corrected chi connectivity index (χ1v) is 12.1. The fourth-order valence-corrected chi connectivity index (χ4v) is 4.57. The summed E-state index contributed by atoms with van der Waals surface area (Å²) >= 11 is 0. The van der Waals surface area contributed by atoms with E-state index in [9.17, 15) is 14.7 Å². The zero-order valence-corrected chi connectivity index (χ0v) is 20.5. The summed E-state index contributed by atoms with van der Waals surface area (Å²) in [6, 6.07) is 11.6. The predicted octanol–water partition coefficient (Wildman–Crippen LogP) is 3.97. The maximum Gasteiger partial charge on any atom is 0.295 e. The van der Waals surface area contributed by atoms with Gasteiger partial charge in [0.1, 0.15) is 11.5 Å². The van der Waals surface area contributed by atoms with Crippen molar-refractivity contribution in [1.82, 2.24) is 9.80 Å².